The monoisotopic (exact) mass is 514 g/mol. The van der Waals surface area contributed by atoms with E-state index in [0.717, 1.165) is 16.6 Å². The van der Waals surface area contributed by atoms with E-state index in [1.807, 2.05) is 19.1 Å². The molecule has 1 amide bonds. The Balaban J connectivity index is 1.59. The van der Waals surface area contributed by atoms with Crippen LogP contribution in [0, 0.1) is 0 Å². The minimum Gasteiger partial charge on any atom is -0.486 e. The number of anilines is 1. The number of carbonyl (C=O) groups excluding carboxylic acids is 1. The molecule has 3 rings (SSSR count). The molecule has 0 radical (unpaired) electrons. The summed E-state index contributed by atoms with van der Waals surface area (Å²) in [6, 6.07) is 11.9. The highest BCUT2D eigenvalue weighted by molar-refractivity contribution is 9.10. The summed E-state index contributed by atoms with van der Waals surface area (Å²) in [7, 11) is 0. The number of alkyl halides is 3. The van der Waals surface area contributed by atoms with Gasteiger partial charge in [0, 0.05) is 16.7 Å². The molecule has 6 nitrogen and oxygen atoms in total. The highest BCUT2D eigenvalue weighted by Crippen LogP contribution is 2.31. The standard InChI is InChI=1S/C20H18BrF3N4O2S/c1-2-28-17(11-30-16-5-3-4-13(10-16)20(22,23)24)26-27-19(28)31-12-18(29)25-15-8-6-14(21)7-9-15/h3-10H,2,11-12H2,1H3,(H,25,29). The van der Waals surface area contributed by atoms with Crippen molar-refractivity contribution in [1.29, 1.82) is 0 Å². The van der Waals surface area contributed by atoms with Gasteiger partial charge in [0.05, 0.1) is 11.3 Å². The molecule has 1 N–H and O–H groups in total. The molecule has 11 heteroatoms. The maximum atomic E-state index is 12.8. The summed E-state index contributed by atoms with van der Waals surface area (Å²) >= 11 is 4.55. The Morgan fingerprint density at radius 2 is 1.94 bits per heavy atom. The molecule has 1 aromatic heterocycles. The molecule has 0 aliphatic carbocycles. The third-order valence-electron chi connectivity index (χ3n) is 4.10. The maximum Gasteiger partial charge on any atom is 0.416 e. The van der Waals surface area contributed by atoms with Crippen LogP contribution in [0.4, 0.5) is 18.9 Å². The molecule has 0 spiro atoms. The number of benzene rings is 2. The van der Waals surface area contributed by atoms with Crippen molar-refractivity contribution in [3.8, 4) is 5.75 Å². The first-order chi connectivity index (χ1) is 14.8. The molecule has 0 saturated heterocycles. The Bertz CT molecular complexity index is 1040. The number of thioether (sulfide) groups is 1. The SMILES string of the molecule is CCn1c(COc2cccc(C(F)(F)F)c2)nnc1SCC(=O)Nc1ccc(Br)cc1. The predicted molar refractivity (Wildman–Crippen MR) is 115 cm³/mol. The van der Waals surface area contributed by atoms with Gasteiger partial charge in [-0.15, -0.1) is 10.2 Å². The van der Waals surface area contributed by atoms with Crippen LogP contribution in [-0.2, 0) is 24.1 Å². The minimum atomic E-state index is -4.44. The van der Waals surface area contributed by atoms with Crippen LogP contribution in [0.25, 0.3) is 0 Å². The molecule has 0 unspecified atom stereocenters. The zero-order chi connectivity index (χ0) is 22.4. The summed E-state index contributed by atoms with van der Waals surface area (Å²) in [4.78, 5) is 12.2. The number of hydrogen-bond acceptors (Lipinski definition) is 5. The van der Waals surface area contributed by atoms with Crippen molar-refractivity contribution in [3.63, 3.8) is 0 Å². The van der Waals surface area contributed by atoms with E-state index in [-0.39, 0.29) is 24.0 Å². The highest BCUT2D eigenvalue weighted by Gasteiger charge is 2.30. The third kappa shape index (κ3) is 6.47. The van der Waals surface area contributed by atoms with Crippen molar-refractivity contribution >= 4 is 39.3 Å². The van der Waals surface area contributed by atoms with Gasteiger partial charge in [-0.05, 0) is 49.4 Å². The topological polar surface area (TPSA) is 69.0 Å². The fourth-order valence-corrected chi connectivity index (χ4v) is 3.71. The number of nitrogens with one attached hydrogen (secondary N) is 1. The molecule has 0 bridgehead atoms. The summed E-state index contributed by atoms with van der Waals surface area (Å²) in [6.07, 6.45) is -4.44. The van der Waals surface area contributed by atoms with Crippen molar-refractivity contribution in [2.45, 2.75) is 31.4 Å². The van der Waals surface area contributed by atoms with E-state index in [1.54, 1.807) is 16.7 Å². The molecule has 31 heavy (non-hydrogen) atoms. The fourth-order valence-electron chi connectivity index (χ4n) is 2.62. The first kappa shape index (κ1) is 23.1. The second-order valence-electron chi connectivity index (χ2n) is 6.30. The van der Waals surface area contributed by atoms with Gasteiger partial charge in [-0.1, -0.05) is 33.8 Å². The van der Waals surface area contributed by atoms with Crippen molar-refractivity contribution in [2.75, 3.05) is 11.1 Å². The smallest absolute Gasteiger partial charge is 0.416 e. The number of amides is 1. The fraction of sp³-hybridized carbons (Fsp3) is 0.250. The van der Waals surface area contributed by atoms with E-state index in [9.17, 15) is 18.0 Å². The summed E-state index contributed by atoms with van der Waals surface area (Å²) < 4.78 is 46.7. The van der Waals surface area contributed by atoms with E-state index in [1.165, 1.54) is 23.9 Å². The summed E-state index contributed by atoms with van der Waals surface area (Å²) in [5.74, 6) is 0.474. The van der Waals surface area contributed by atoms with Crippen LogP contribution >= 0.6 is 27.7 Å². The number of carbonyl (C=O) groups is 1. The zero-order valence-corrected chi connectivity index (χ0v) is 18.7. The van der Waals surface area contributed by atoms with Gasteiger partial charge in [0.1, 0.15) is 12.4 Å². The van der Waals surface area contributed by atoms with E-state index >= 15 is 0 Å². The van der Waals surface area contributed by atoms with E-state index in [0.29, 0.717) is 23.2 Å². The lowest BCUT2D eigenvalue weighted by atomic mass is 10.2. The Hall–Kier alpha value is -2.53. The van der Waals surface area contributed by atoms with Crippen LogP contribution in [0.2, 0.25) is 0 Å². The predicted octanol–water partition coefficient (Wildman–Crippen LogP) is 5.39. The van der Waals surface area contributed by atoms with Gasteiger partial charge >= 0.3 is 6.18 Å². The van der Waals surface area contributed by atoms with Crippen molar-refractivity contribution in [1.82, 2.24) is 14.8 Å². The average molecular weight is 515 g/mol. The number of nitrogens with zero attached hydrogens (tertiary/aromatic N) is 3. The van der Waals surface area contributed by atoms with Gasteiger partial charge in [0.25, 0.3) is 0 Å². The molecule has 3 aromatic rings. The van der Waals surface area contributed by atoms with Crippen LogP contribution < -0.4 is 10.1 Å². The first-order valence-electron chi connectivity index (χ1n) is 9.16. The van der Waals surface area contributed by atoms with E-state index in [2.05, 4.69) is 31.4 Å². The number of halogens is 4. The zero-order valence-electron chi connectivity index (χ0n) is 16.3. The van der Waals surface area contributed by atoms with Gasteiger partial charge in [-0.3, -0.25) is 4.79 Å². The van der Waals surface area contributed by atoms with Gasteiger partial charge < -0.3 is 14.6 Å². The molecule has 0 saturated carbocycles. The molecule has 2 aromatic carbocycles. The number of aromatic nitrogens is 3. The van der Waals surface area contributed by atoms with Crippen LogP contribution in [0.15, 0.2) is 58.2 Å². The molecule has 164 valence electrons. The Labute approximate surface area is 189 Å². The van der Waals surface area contributed by atoms with E-state index < -0.39 is 11.7 Å². The van der Waals surface area contributed by atoms with E-state index in [4.69, 9.17) is 4.74 Å². The van der Waals surface area contributed by atoms with Crippen LogP contribution in [0.1, 0.15) is 18.3 Å². The highest BCUT2D eigenvalue weighted by atomic mass is 79.9. The van der Waals surface area contributed by atoms with Crippen LogP contribution in [0.3, 0.4) is 0 Å². The minimum absolute atomic E-state index is 0.0478. The first-order valence-corrected chi connectivity index (χ1v) is 10.9. The molecular formula is C20H18BrF3N4O2S. The van der Waals surface area contributed by atoms with Crippen molar-refractivity contribution < 1.29 is 22.7 Å². The lowest BCUT2D eigenvalue weighted by Crippen LogP contribution is -2.14. The number of rotatable bonds is 8. The quantitative estimate of drug-likeness (QED) is 0.408. The van der Waals surface area contributed by atoms with Crippen molar-refractivity contribution in [2.24, 2.45) is 0 Å². The summed E-state index contributed by atoms with van der Waals surface area (Å²) in [5.41, 5.74) is -0.101. The Morgan fingerprint density at radius 1 is 1.19 bits per heavy atom. The Kier molecular flexibility index (Phi) is 7.60. The summed E-state index contributed by atoms with van der Waals surface area (Å²) in [5, 5.41) is 11.4. The molecular weight excluding hydrogens is 497 g/mol. The second kappa shape index (κ2) is 10.2. The second-order valence-corrected chi connectivity index (χ2v) is 8.16. The normalized spacial score (nSPS) is 11.4. The van der Waals surface area contributed by atoms with Crippen LogP contribution in [-0.4, -0.2) is 26.4 Å². The van der Waals surface area contributed by atoms with Gasteiger partial charge in [-0.25, -0.2) is 0 Å². The summed E-state index contributed by atoms with van der Waals surface area (Å²) in [6.45, 7) is 2.35. The Morgan fingerprint density at radius 3 is 2.61 bits per heavy atom. The maximum absolute atomic E-state index is 12.8. The molecule has 0 aliphatic heterocycles. The number of ether oxygens (including phenoxy) is 1. The largest absolute Gasteiger partial charge is 0.486 e. The average Bonchev–Trinajstić information content (AvgIpc) is 3.14. The molecule has 1 heterocycles. The lowest BCUT2D eigenvalue weighted by Gasteiger charge is -2.11. The molecule has 0 atom stereocenters. The van der Waals surface area contributed by atoms with Crippen LogP contribution in [0.5, 0.6) is 5.75 Å². The third-order valence-corrected chi connectivity index (χ3v) is 5.59. The van der Waals surface area contributed by atoms with Gasteiger partial charge in [0.2, 0.25) is 5.91 Å². The van der Waals surface area contributed by atoms with Gasteiger partial charge in [0.15, 0.2) is 11.0 Å². The lowest BCUT2D eigenvalue weighted by molar-refractivity contribution is -0.137. The number of hydrogen-bond donors (Lipinski definition) is 1. The van der Waals surface area contributed by atoms with Gasteiger partial charge in [-0.2, -0.15) is 13.2 Å². The molecule has 0 fully saturated rings. The van der Waals surface area contributed by atoms with Crippen molar-refractivity contribution in [3.05, 3.63) is 64.4 Å². The molecule has 0 aliphatic rings.